The number of para-hydroxylation sites is 1. The second-order valence-corrected chi connectivity index (χ2v) is 6.72. The molecule has 0 spiro atoms. The number of piperidine rings is 1. The van der Waals surface area contributed by atoms with E-state index >= 15 is 0 Å². The number of hydrogen-bond donors (Lipinski definition) is 1. The van der Waals surface area contributed by atoms with Crippen LogP contribution < -0.4 is 14.8 Å². The zero-order valence-corrected chi connectivity index (χ0v) is 13.8. The Hall–Kier alpha value is -1.71. The predicted molar refractivity (Wildman–Crippen MR) is 90.4 cm³/mol. The summed E-state index contributed by atoms with van der Waals surface area (Å²) < 4.78 is 12.4. The van der Waals surface area contributed by atoms with Gasteiger partial charge >= 0.3 is 0 Å². The number of hydrogen-bond acceptors (Lipinski definition) is 2. The van der Waals surface area contributed by atoms with Crippen molar-refractivity contribution >= 4 is 11.6 Å². The van der Waals surface area contributed by atoms with Crippen LogP contribution in [0.2, 0.25) is 5.02 Å². The smallest absolute Gasteiger partial charge is 0.164 e. The molecule has 4 heteroatoms. The zero-order valence-electron chi connectivity index (χ0n) is 13.0. The van der Waals surface area contributed by atoms with Crippen molar-refractivity contribution in [2.75, 3.05) is 19.7 Å². The van der Waals surface area contributed by atoms with Gasteiger partial charge in [0, 0.05) is 23.4 Å². The van der Waals surface area contributed by atoms with E-state index in [-0.39, 0.29) is 6.10 Å². The van der Waals surface area contributed by atoms with Crippen LogP contribution in [-0.2, 0) is 0 Å². The Morgan fingerprint density at radius 2 is 1.78 bits per heavy atom. The van der Waals surface area contributed by atoms with Gasteiger partial charge in [0.15, 0.2) is 17.6 Å². The average Bonchev–Trinajstić information content (AvgIpc) is 2.62. The second-order valence-electron chi connectivity index (χ2n) is 6.28. The van der Waals surface area contributed by atoms with Crippen LogP contribution in [0.5, 0.6) is 11.5 Å². The lowest BCUT2D eigenvalue weighted by Crippen LogP contribution is -2.86. The molecule has 2 aromatic rings. The summed E-state index contributed by atoms with van der Waals surface area (Å²) in [4.78, 5) is 0. The van der Waals surface area contributed by atoms with Gasteiger partial charge in [-0.25, -0.2) is 0 Å². The highest BCUT2D eigenvalue weighted by atomic mass is 35.5. The Labute approximate surface area is 141 Å². The van der Waals surface area contributed by atoms with Gasteiger partial charge in [0.2, 0.25) is 0 Å². The highest BCUT2D eigenvalue weighted by Crippen LogP contribution is 2.43. The molecule has 0 aliphatic carbocycles. The Morgan fingerprint density at radius 3 is 2.57 bits per heavy atom. The Kier molecular flexibility index (Phi) is 4.15. The highest BCUT2D eigenvalue weighted by Gasteiger charge is 2.28. The fraction of sp³-hybridized carbons (Fsp3) is 0.368. The molecule has 2 heterocycles. The maximum atomic E-state index is 6.21. The summed E-state index contributed by atoms with van der Waals surface area (Å²) in [6.45, 7) is 2.94. The summed E-state index contributed by atoms with van der Waals surface area (Å²) in [6.07, 6.45) is 2.34. The molecule has 23 heavy (non-hydrogen) atoms. The third-order valence-corrected chi connectivity index (χ3v) is 5.03. The lowest BCUT2D eigenvalue weighted by atomic mass is 9.89. The number of nitrogens with two attached hydrogens (primary N) is 1. The molecule has 1 fully saturated rings. The maximum Gasteiger partial charge on any atom is 0.164 e. The van der Waals surface area contributed by atoms with E-state index in [2.05, 4.69) is 17.4 Å². The van der Waals surface area contributed by atoms with E-state index < -0.39 is 0 Å². The average molecular weight is 331 g/mol. The summed E-state index contributed by atoms with van der Waals surface area (Å²) in [6, 6.07) is 14.1. The first kappa shape index (κ1) is 14.9. The summed E-state index contributed by atoms with van der Waals surface area (Å²) in [5.41, 5.74) is 2.41. The quantitative estimate of drug-likeness (QED) is 0.917. The summed E-state index contributed by atoms with van der Waals surface area (Å²) in [7, 11) is 0. The van der Waals surface area contributed by atoms with Gasteiger partial charge in [-0.2, -0.15) is 0 Å². The fourth-order valence-electron chi connectivity index (χ4n) is 3.53. The minimum absolute atomic E-state index is 0.0743. The van der Waals surface area contributed by atoms with Crippen LogP contribution in [0.15, 0.2) is 42.5 Å². The van der Waals surface area contributed by atoms with Crippen molar-refractivity contribution in [3.05, 3.63) is 58.6 Å². The van der Waals surface area contributed by atoms with E-state index in [4.69, 9.17) is 21.1 Å². The van der Waals surface area contributed by atoms with Gasteiger partial charge in [-0.3, -0.25) is 0 Å². The van der Waals surface area contributed by atoms with Gasteiger partial charge in [-0.15, -0.1) is 0 Å². The predicted octanol–water partition coefficient (Wildman–Crippen LogP) is 3.29. The standard InChI is InChI=1S/C19H20ClNO2/c20-15-6-4-14(5-7-15)18-12-22-19-16(2-1-3-17(19)23-18)13-8-10-21-11-9-13/h1-7,13,18,21H,8-12H2/p+1/t18-/m0/s1. The number of rotatable bonds is 2. The van der Waals surface area contributed by atoms with Crippen molar-refractivity contribution in [2.45, 2.75) is 24.9 Å². The topological polar surface area (TPSA) is 35.1 Å². The molecule has 0 radical (unpaired) electrons. The molecule has 2 N–H and O–H groups in total. The van der Waals surface area contributed by atoms with Gasteiger partial charge in [0.25, 0.3) is 0 Å². The number of halogens is 1. The first-order chi connectivity index (χ1) is 11.3. The van der Waals surface area contributed by atoms with Crippen LogP contribution in [0, 0.1) is 0 Å². The van der Waals surface area contributed by atoms with Crippen LogP contribution in [0.1, 0.15) is 36.0 Å². The zero-order chi connectivity index (χ0) is 15.6. The van der Waals surface area contributed by atoms with E-state index in [9.17, 15) is 0 Å². The number of ether oxygens (including phenoxy) is 2. The van der Waals surface area contributed by atoms with Crippen LogP contribution in [0.4, 0.5) is 0 Å². The first-order valence-electron chi connectivity index (χ1n) is 8.31. The molecule has 0 bridgehead atoms. The lowest BCUT2D eigenvalue weighted by Gasteiger charge is -2.30. The van der Waals surface area contributed by atoms with Crippen LogP contribution >= 0.6 is 11.6 Å². The SMILES string of the molecule is Clc1ccc([C@@H]2COc3c(cccc3C3CC[NH2+]CC3)O2)cc1. The van der Waals surface area contributed by atoms with Crippen LogP contribution in [-0.4, -0.2) is 19.7 Å². The molecule has 0 unspecified atom stereocenters. The van der Waals surface area contributed by atoms with Crippen molar-refractivity contribution in [2.24, 2.45) is 0 Å². The van der Waals surface area contributed by atoms with E-state index in [0.717, 1.165) is 22.1 Å². The van der Waals surface area contributed by atoms with Gasteiger partial charge in [0.1, 0.15) is 6.61 Å². The molecule has 4 rings (SSSR count). The molecule has 2 aliphatic heterocycles. The molecule has 0 saturated carbocycles. The van der Waals surface area contributed by atoms with Crippen molar-refractivity contribution in [3.8, 4) is 11.5 Å². The molecular weight excluding hydrogens is 310 g/mol. The first-order valence-corrected chi connectivity index (χ1v) is 8.68. The second kappa shape index (κ2) is 6.42. The molecular formula is C19H21ClNO2+. The van der Waals surface area contributed by atoms with Crippen molar-refractivity contribution in [3.63, 3.8) is 0 Å². The molecule has 120 valence electrons. The molecule has 0 amide bonds. The van der Waals surface area contributed by atoms with Crippen molar-refractivity contribution in [1.82, 2.24) is 0 Å². The lowest BCUT2D eigenvalue weighted by molar-refractivity contribution is -0.663. The summed E-state index contributed by atoms with van der Waals surface area (Å²) in [5.74, 6) is 2.40. The van der Waals surface area contributed by atoms with E-state index in [0.29, 0.717) is 12.5 Å². The van der Waals surface area contributed by atoms with E-state index in [1.165, 1.54) is 31.5 Å². The Bertz CT molecular complexity index is 680. The minimum Gasteiger partial charge on any atom is -0.485 e. The number of quaternary nitrogens is 1. The third kappa shape index (κ3) is 3.04. The van der Waals surface area contributed by atoms with Crippen molar-refractivity contribution in [1.29, 1.82) is 0 Å². The summed E-state index contributed by atoms with van der Waals surface area (Å²) in [5, 5.41) is 3.13. The third-order valence-electron chi connectivity index (χ3n) is 4.78. The van der Waals surface area contributed by atoms with Crippen LogP contribution in [0.25, 0.3) is 0 Å². The Morgan fingerprint density at radius 1 is 1.00 bits per heavy atom. The normalized spacial score (nSPS) is 21.2. The minimum atomic E-state index is -0.0743. The monoisotopic (exact) mass is 330 g/mol. The van der Waals surface area contributed by atoms with Gasteiger partial charge < -0.3 is 14.8 Å². The van der Waals surface area contributed by atoms with E-state index in [1.54, 1.807) is 0 Å². The summed E-state index contributed by atoms with van der Waals surface area (Å²) >= 11 is 5.96. The highest BCUT2D eigenvalue weighted by molar-refractivity contribution is 6.30. The molecule has 2 aromatic carbocycles. The molecule has 3 nitrogen and oxygen atoms in total. The van der Waals surface area contributed by atoms with Gasteiger partial charge in [-0.1, -0.05) is 35.9 Å². The molecule has 1 saturated heterocycles. The Balaban J connectivity index is 1.59. The van der Waals surface area contributed by atoms with Crippen LogP contribution in [0.3, 0.4) is 0 Å². The van der Waals surface area contributed by atoms with E-state index in [1.807, 2.05) is 30.3 Å². The largest absolute Gasteiger partial charge is 0.485 e. The number of fused-ring (bicyclic) bond motifs is 1. The number of benzene rings is 2. The van der Waals surface area contributed by atoms with Gasteiger partial charge in [-0.05, 0) is 29.7 Å². The molecule has 0 aromatic heterocycles. The fourth-order valence-corrected chi connectivity index (χ4v) is 3.65. The van der Waals surface area contributed by atoms with Crippen molar-refractivity contribution < 1.29 is 14.8 Å². The molecule has 1 atom stereocenters. The van der Waals surface area contributed by atoms with Gasteiger partial charge in [0.05, 0.1) is 13.1 Å². The maximum absolute atomic E-state index is 6.21. The molecule has 2 aliphatic rings.